The molecule has 0 bridgehead atoms. The normalized spacial score (nSPS) is 17.2. The number of nitrogens with zero attached hydrogens (tertiary/aromatic N) is 7. The number of benzene rings is 1. The largest absolute Gasteiger partial charge is 0.494 e. The Bertz CT molecular complexity index is 1610. The number of hydrogen-bond acceptors (Lipinski definition) is 12. The van der Waals surface area contributed by atoms with Gasteiger partial charge < -0.3 is 29.5 Å². The molecule has 0 amide bonds. The van der Waals surface area contributed by atoms with E-state index in [2.05, 4.69) is 33.9 Å². The molecule has 5 rings (SSSR count). The van der Waals surface area contributed by atoms with Gasteiger partial charge in [0.2, 0.25) is 5.95 Å². The van der Waals surface area contributed by atoms with Crippen LogP contribution in [0.15, 0.2) is 30.5 Å². The number of methoxy groups -OCH3 is 1. The molecular weight excluding hydrogens is 576 g/mol. The first-order valence-electron chi connectivity index (χ1n) is 15.2. The summed E-state index contributed by atoms with van der Waals surface area (Å²) in [6, 6.07) is 7.22. The number of anilines is 5. The van der Waals surface area contributed by atoms with Crippen molar-refractivity contribution in [3.63, 3.8) is 0 Å². The lowest BCUT2D eigenvalue weighted by Gasteiger charge is -2.29. The number of hydrogen-bond donors (Lipinski definition) is 1. The molecule has 4 heterocycles. The molecule has 1 saturated heterocycles. The van der Waals surface area contributed by atoms with E-state index in [1.54, 1.807) is 19.9 Å². The van der Waals surface area contributed by atoms with E-state index in [1.807, 2.05) is 38.1 Å². The SMILES string of the molecule is COc1cc(N2CCC[C@@H]2CN(C)C)c([N+](=O)[O-])cc1Nc1ncc(C(=O)OC(C)C)c(N2CC(C)(C)c3nc(C)ccc32)n1. The number of likely N-dealkylation sites (N-methyl/N-ethyl adjacent to an activating group) is 1. The van der Waals surface area contributed by atoms with Crippen LogP contribution in [0.1, 0.15) is 62.3 Å². The number of aromatic nitrogens is 3. The van der Waals surface area contributed by atoms with Crippen LogP contribution in [0, 0.1) is 17.0 Å². The van der Waals surface area contributed by atoms with Crippen LogP contribution >= 0.6 is 0 Å². The second kappa shape index (κ2) is 12.5. The molecule has 45 heavy (non-hydrogen) atoms. The molecule has 0 unspecified atom stereocenters. The van der Waals surface area contributed by atoms with Gasteiger partial charge in [-0.25, -0.2) is 9.78 Å². The van der Waals surface area contributed by atoms with Gasteiger partial charge in [-0.1, -0.05) is 13.8 Å². The topological polar surface area (TPSA) is 139 Å². The number of nitro groups is 1. The Hall–Kier alpha value is -4.52. The van der Waals surface area contributed by atoms with Gasteiger partial charge in [0.05, 0.1) is 35.2 Å². The number of nitrogens with one attached hydrogen (secondary N) is 1. The fraction of sp³-hybridized carbons (Fsp3) is 0.500. The number of rotatable bonds is 10. The van der Waals surface area contributed by atoms with Crippen molar-refractivity contribution in [1.29, 1.82) is 0 Å². The van der Waals surface area contributed by atoms with Gasteiger partial charge in [0.15, 0.2) is 5.82 Å². The molecule has 1 aromatic carbocycles. The van der Waals surface area contributed by atoms with Gasteiger partial charge in [0.25, 0.3) is 5.69 Å². The molecule has 2 aliphatic heterocycles. The van der Waals surface area contributed by atoms with Crippen LogP contribution in [0.5, 0.6) is 5.75 Å². The van der Waals surface area contributed by atoms with Crippen LogP contribution in [-0.4, -0.2) is 83.7 Å². The summed E-state index contributed by atoms with van der Waals surface area (Å²) >= 11 is 0. The van der Waals surface area contributed by atoms with Gasteiger partial charge in [0, 0.05) is 55.1 Å². The molecule has 240 valence electrons. The molecule has 1 N–H and O–H groups in total. The van der Waals surface area contributed by atoms with E-state index < -0.39 is 5.97 Å². The summed E-state index contributed by atoms with van der Waals surface area (Å²) in [4.78, 5) is 45.4. The molecule has 0 aliphatic carbocycles. The van der Waals surface area contributed by atoms with Crippen LogP contribution in [0.25, 0.3) is 0 Å². The summed E-state index contributed by atoms with van der Waals surface area (Å²) in [6.45, 7) is 11.7. The van der Waals surface area contributed by atoms with Crippen LogP contribution in [0.4, 0.5) is 34.5 Å². The summed E-state index contributed by atoms with van der Waals surface area (Å²) in [7, 11) is 5.52. The summed E-state index contributed by atoms with van der Waals surface area (Å²) in [5.41, 5.74) is 3.32. The maximum absolute atomic E-state index is 13.2. The minimum Gasteiger partial charge on any atom is -0.494 e. The third-order valence-electron chi connectivity index (χ3n) is 8.09. The predicted molar refractivity (Wildman–Crippen MR) is 173 cm³/mol. The third kappa shape index (κ3) is 6.48. The predicted octanol–water partition coefficient (Wildman–Crippen LogP) is 5.37. The number of aryl methyl sites for hydroxylation is 1. The Kier molecular flexibility index (Phi) is 8.83. The van der Waals surface area contributed by atoms with E-state index in [4.69, 9.17) is 19.4 Å². The average Bonchev–Trinajstić information content (AvgIpc) is 3.52. The summed E-state index contributed by atoms with van der Waals surface area (Å²) in [5, 5.41) is 15.5. The standard InChI is InChI=1S/C32H42N8O5/c1-19(2)45-30(41)22-16-33-31(36-29(22)39-18-32(4,5)28-24(39)12-11-20(3)34-28)35-23-14-26(40(42)43)25(15-27(23)44-8)38-13-9-10-21(38)17-37(6)7/h11-12,14-16,19,21H,9-10,13,17-18H2,1-8H3,(H,33,35,36)/t21-/m1/s1. The average molecular weight is 619 g/mol. The quantitative estimate of drug-likeness (QED) is 0.178. The summed E-state index contributed by atoms with van der Waals surface area (Å²) in [5.74, 6) is 0.356. The van der Waals surface area contributed by atoms with Crippen LogP contribution < -0.4 is 19.9 Å². The van der Waals surface area contributed by atoms with Gasteiger partial charge >= 0.3 is 5.97 Å². The number of pyridine rings is 1. The zero-order chi connectivity index (χ0) is 32.6. The molecule has 0 spiro atoms. The second-order valence-corrected chi connectivity index (χ2v) is 12.9. The highest BCUT2D eigenvalue weighted by atomic mass is 16.6. The molecule has 0 saturated carbocycles. The van der Waals surface area contributed by atoms with Crippen molar-refractivity contribution < 1.29 is 19.2 Å². The van der Waals surface area contributed by atoms with Gasteiger partial charge in [0.1, 0.15) is 17.0 Å². The fourth-order valence-corrected chi connectivity index (χ4v) is 6.15. The lowest BCUT2D eigenvalue weighted by molar-refractivity contribution is -0.384. The first kappa shape index (κ1) is 31.9. The van der Waals surface area contributed by atoms with Crippen molar-refractivity contribution in [3.05, 3.63) is 57.5 Å². The highest BCUT2D eigenvalue weighted by molar-refractivity contribution is 5.96. The van der Waals surface area contributed by atoms with Crippen molar-refractivity contribution in [2.45, 2.75) is 65.0 Å². The summed E-state index contributed by atoms with van der Waals surface area (Å²) < 4.78 is 11.3. The molecule has 3 aromatic rings. The first-order valence-corrected chi connectivity index (χ1v) is 15.2. The molecule has 2 aliphatic rings. The fourth-order valence-electron chi connectivity index (χ4n) is 6.15. The van der Waals surface area contributed by atoms with Gasteiger partial charge in [-0.15, -0.1) is 0 Å². The van der Waals surface area contributed by atoms with E-state index in [-0.39, 0.29) is 39.7 Å². The molecule has 2 aromatic heterocycles. The van der Waals surface area contributed by atoms with Crippen LogP contribution in [0.3, 0.4) is 0 Å². The molecule has 1 atom stereocenters. The number of fused-ring (bicyclic) bond motifs is 1. The Morgan fingerprint density at radius 3 is 2.64 bits per heavy atom. The lowest BCUT2D eigenvalue weighted by atomic mass is 9.91. The smallest absolute Gasteiger partial charge is 0.343 e. The Balaban J connectivity index is 1.57. The molecular formula is C32H42N8O5. The Labute approximate surface area is 263 Å². The van der Waals surface area contributed by atoms with Gasteiger partial charge in [-0.2, -0.15) is 4.98 Å². The maximum atomic E-state index is 13.2. The van der Waals surface area contributed by atoms with Crippen LogP contribution in [0.2, 0.25) is 0 Å². The minimum absolute atomic E-state index is 0.0435. The molecule has 0 radical (unpaired) electrons. The van der Waals surface area contributed by atoms with E-state index >= 15 is 0 Å². The van der Waals surface area contributed by atoms with Crippen molar-refractivity contribution in [1.82, 2.24) is 19.9 Å². The first-order chi connectivity index (χ1) is 21.3. The van der Waals surface area contributed by atoms with Crippen molar-refractivity contribution in [2.75, 3.05) is 56.0 Å². The zero-order valence-corrected chi connectivity index (χ0v) is 27.2. The number of carbonyl (C=O) groups excluding carboxylic acids is 1. The van der Waals surface area contributed by atoms with Crippen molar-refractivity contribution in [3.8, 4) is 5.75 Å². The minimum atomic E-state index is -0.548. The zero-order valence-electron chi connectivity index (χ0n) is 27.2. The Morgan fingerprint density at radius 2 is 1.98 bits per heavy atom. The molecule has 1 fully saturated rings. The van der Waals surface area contributed by atoms with Crippen LogP contribution in [-0.2, 0) is 10.2 Å². The Morgan fingerprint density at radius 1 is 1.22 bits per heavy atom. The van der Waals surface area contributed by atoms with Gasteiger partial charge in [-0.05, 0) is 59.8 Å². The number of nitro benzene ring substituents is 1. The highest BCUT2D eigenvalue weighted by Crippen LogP contribution is 2.45. The second-order valence-electron chi connectivity index (χ2n) is 12.9. The maximum Gasteiger partial charge on any atom is 0.343 e. The highest BCUT2D eigenvalue weighted by Gasteiger charge is 2.40. The van der Waals surface area contributed by atoms with E-state index in [0.29, 0.717) is 29.5 Å². The monoisotopic (exact) mass is 618 g/mol. The van der Waals surface area contributed by atoms with Crippen molar-refractivity contribution in [2.24, 2.45) is 0 Å². The van der Waals surface area contributed by atoms with Gasteiger partial charge in [-0.3, -0.25) is 15.1 Å². The molecule has 13 heteroatoms. The number of esters is 1. The summed E-state index contributed by atoms with van der Waals surface area (Å²) in [6.07, 6.45) is 2.98. The lowest BCUT2D eigenvalue weighted by Crippen LogP contribution is -2.37. The van der Waals surface area contributed by atoms with E-state index in [1.165, 1.54) is 19.4 Å². The van der Waals surface area contributed by atoms with E-state index in [9.17, 15) is 14.9 Å². The third-order valence-corrected chi connectivity index (χ3v) is 8.09. The van der Waals surface area contributed by atoms with E-state index in [0.717, 1.165) is 43.0 Å². The van der Waals surface area contributed by atoms with Crippen molar-refractivity contribution >= 4 is 40.5 Å². The molecule has 13 nitrogen and oxygen atoms in total. The number of ether oxygens (including phenoxy) is 2. The number of carbonyl (C=O) groups is 1.